The number of rotatable bonds is 5. The summed E-state index contributed by atoms with van der Waals surface area (Å²) in [6.45, 7) is 1.65. The highest BCUT2D eigenvalue weighted by molar-refractivity contribution is 6.31. The van der Waals surface area contributed by atoms with E-state index in [0.717, 1.165) is 17.7 Å². The molecule has 1 aromatic carbocycles. The quantitative estimate of drug-likeness (QED) is 0.753. The third-order valence-electron chi connectivity index (χ3n) is 3.55. The van der Waals surface area contributed by atoms with E-state index in [0.29, 0.717) is 5.82 Å². The molecule has 0 atom stereocenters. The molecule has 2 aromatic heterocycles. The fraction of sp³-hybridized carbons (Fsp3) is 0.188. The highest BCUT2D eigenvalue weighted by atomic mass is 35.5. The van der Waals surface area contributed by atoms with E-state index in [1.54, 1.807) is 19.3 Å². The Morgan fingerprint density at radius 2 is 2.16 bits per heavy atom. The van der Waals surface area contributed by atoms with E-state index in [1.165, 1.54) is 10.6 Å². The molecule has 2 heterocycles. The van der Waals surface area contributed by atoms with Crippen LogP contribution in [0.1, 0.15) is 17.0 Å². The molecule has 0 unspecified atom stereocenters. The van der Waals surface area contributed by atoms with Gasteiger partial charge in [0.15, 0.2) is 5.02 Å². The van der Waals surface area contributed by atoms with E-state index in [4.69, 9.17) is 16.3 Å². The first-order chi connectivity index (χ1) is 12.0. The van der Waals surface area contributed by atoms with Crippen LogP contribution in [0.4, 0.5) is 8.78 Å². The number of nitrogens with one attached hydrogen (secondary N) is 1. The molecule has 0 saturated carbocycles. The predicted octanol–water partition coefficient (Wildman–Crippen LogP) is 2.83. The molecule has 3 rings (SSSR count). The van der Waals surface area contributed by atoms with Gasteiger partial charge in [-0.1, -0.05) is 11.6 Å². The Labute approximate surface area is 146 Å². The molecular weight excluding hydrogens is 354 g/mol. The first-order valence-corrected chi connectivity index (χ1v) is 7.65. The van der Waals surface area contributed by atoms with Gasteiger partial charge in [-0.2, -0.15) is 10.1 Å². The average Bonchev–Trinajstić information content (AvgIpc) is 3.08. The fourth-order valence-corrected chi connectivity index (χ4v) is 2.43. The number of H-pyrrole nitrogens is 1. The zero-order valence-corrected chi connectivity index (χ0v) is 13.8. The molecule has 6 nitrogen and oxygen atoms in total. The van der Waals surface area contributed by atoms with Crippen LogP contribution in [0.25, 0.3) is 0 Å². The lowest BCUT2D eigenvalue weighted by molar-refractivity contribution is 0.285. The Kier molecular flexibility index (Phi) is 4.80. The van der Waals surface area contributed by atoms with Crippen molar-refractivity contribution in [2.24, 2.45) is 0 Å². The summed E-state index contributed by atoms with van der Waals surface area (Å²) >= 11 is 6.04. The molecule has 1 N–H and O–H groups in total. The Hall–Kier alpha value is -2.74. The van der Waals surface area contributed by atoms with Gasteiger partial charge >= 0.3 is 0 Å². The van der Waals surface area contributed by atoms with E-state index in [2.05, 4.69) is 15.2 Å². The Balaban J connectivity index is 1.84. The van der Waals surface area contributed by atoms with Crippen molar-refractivity contribution in [1.29, 1.82) is 0 Å². The summed E-state index contributed by atoms with van der Waals surface area (Å²) in [5, 5.41) is 6.26. The fourth-order valence-electron chi connectivity index (χ4n) is 2.23. The van der Waals surface area contributed by atoms with Gasteiger partial charge in [0.25, 0.3) is 5.56 Å². The van der Waals surface area contributed by atoms with Crippen molar-refractivity contribution in [2.75, 3.05) is 0 Å². The average molecular weight is 367 g/mol. The standard InChI is InChI=1S/C16H13ClF2N4O2/c1-9-22-15(25-8-11-2-3-12(18)4-13(11)19)14(17)16(24)23(9)7-10-5-20-21-6-10/h2-6H,7-8H2,1H3,(H,20,21). The highest BCUT2D eigenvalue weighted by Crippen LogP contribution is 2.20. The lowest BCUT2D eigenvalue weighted by atomic mass is 10.2. The van der Waals surface area contributed by atoms with Gasteiger partial charge in [-0.15, -0.1) is 0 Å². The summed E-state index contributed by atoms with van der Waals surface area (Å²) in [6, 6.07) is 3.12. The first kappa shape index (κ1) is 17.1. The van der Waals surface area contributed by atoms with Crippen molar-refractivity contribution in [2.45, 2.75) is 20.1 Å². The highest BCUT2D eigenvalue weighted by Gasteiger charge is 2.15. The smallest absolute Gasteiger partial charge is 0.276 e. The van der Waals surface area contributed by atoms with E-state index in [-0.39, 0.29) is 29.6 Å². The Bertz CT molecular complexity index is 958. The van der Waals surface area contributed by atoms with Crippen LogP contribution in [0.2, 0.25) is 5.02 Å². The first-order valence-electron chi connectivity index (χ1n) is 7.27. The summed E-state index contributed by atoms with van der Waals surface area (Å²) in [7, 11) is 0. The predicted molar refractivity (Wildman–Crippen MR) is 86.6 cm³/mol. The van der Waals surface area contributed by atoms with Crippen LogP contribution >= 0.6 is 11.6 Å². The maximum absolute atomic E-state index is 13.6. The van der Waals surface area contributed by atoms with Crippen LogP contribution in [0, 0.1) is 18.6 Å². The summed E-state index contributed by atoms with van der Waals surface area (Å²) in [5.41, 5.74) is 0.426. The van der Waals surface area contributed by atoms with Gasteiger partial charge in [-0.3, -0.25) is 14.5 Å². The monoisotopic (exact) mass is 366 g/mol. The van der Waals surface area contributed by atoms with Crippen molar-refractivity contribution < 1.29 is 13.5 Å². The van der Waals surface area contributed by atoms with Crippen LogP contribution < -0.4 is 10.3 Å². The molecule has 0 amide bonds. The van der Waals surface area contributed by atoms with Gasteiger partial charge in [0, 0.05) is 23.4 Å². The Morgan fingerprint density at radius 3 is 2.84 bits per heavy atom. The number of halogens is 3. The normalized spacial score (nSPS) is 10.9. The number of nitrogens with zero attached hydrogens (tertiary/aromatic N) is 3. The summed E-state index contributed by atoms with van der Waals surface area (Å²) in [5.74, 6) is -1.15. The van der Waals surface area contributed by atoms with E-state index in [9.17, 15) is 13.6 Å². The van der Waals surface area contributed by atoms with Crippen LogP contribution in [0.3, 0.4) is 0 Å². The van der Waals surface area contributed by atoms with E-state index < -0.39 is 17.2 Å². The van der Waals surface area contributed by atoms with Crippen LogP contribution in [-0.4, -0.2) is 19.7 Å². The van der Waals surface area contributed by atoms with Crippen molar-refractivity contribution in [3.05, 3.63) is 74.6 Å². The molecule has 0 fully saturated rings. The maximum Gasteiger partial charge on any atom is 0.276 e. The largest absolute Gasteiger partial charge is 0.471 e. The van der Waals surface area contributed by atoms with Crippen molar-refractivity contribution >= 4 is 11.6 Å². The molecule has 0 aliphatic carbocycles. The maximum atomic E-state index is 13.6. The molecule has 130 valence electrons. The lowest BCUT2D eigenvalue weighted by Crippen LogP contribution is -2.25. The second-order valence-electron chi connectivity index (χ2n) is 5.30. The van der Waals surface area contributed by atoms with Crippen LogP contribution in [-0.2, 0) is 13.2 Å². The summed E-state index contributed by atoms with van der Waals surface area (Å²) in [6.07, 6.45) is 3.24. The number of hydrogen-bond acceptors (Lipinski definition) is 4. The van der Waals surface area contributed by atoms with E-state index in [1.807, 2.05) is 0 Å². The zero-order chi connectivity index (χ0) is 18.0. The molecular formula is C16H13ClF2N4O2. The molecule has 0 aliphatic rings. The third-order valence-corrected chi connectivity index (χ3v) is 3.87. The minimum Gasteiger partial charge on any atom is -0.471 e. The summed E-state index contributed by atoms with van der Waals surface area (Å²) < 4.78 is 33.3. The van der Waals surface area contributed by atoms with Crippen molar-refractivity contribution in [1.82, 2.24) is 19.7 Å². The Morgan fingerprint density at radius 1 is 1.36 bits per heavy atom. The second kappa shape index (κ2) is 7.02. The van der Waals surface area contributed by atoms with E-state index >= 15 is 0 Å². The lowest BCUT2D eigenvalue weighted by Gasteiger charge is -2.12. The van der Waals surface area contributed by atoms with Crippen LogP contribution in [0.15, 0.2) is 35.4 Å². The van der Waals surface area contributed by atoms with Crippen LogP contribution in [0.5, 0.6) is 5.88 Å². The van der Waals surface area contributed by atoms with Crippen molar-refractivity contribution in [3.63, 3.8) is 0 Å². The second-order valence-corrected chi connectivity index (χ2v) is 5.68. The molecule has 3 aromatic rings. The van der Waals surface area contributed by atoms with Gasteiger partial charge in [0.1, 0.15) is 24.1 Å². The van der Waals surface area contributed by atoms with Gasteiger partial charge in [0.05, 0.1) is 12.7 Å². The molecule has 0 saturated heterocycles. The number of aryl methyl sites for hydroxylation is 1. The number of aromatic nitrogens is 4. The molecule has 0 aliphatic heterocycles. The SMILES string of the molecule is Cc1nc(OCc2ccc(F)cc2F)c(Cl)c(=O)n1Cc1cn[nH]c1. The molecule has 0 radical (unpaired) electrons. The molecule has 9 heteroatoms. The number of ether oxygens (including phenoxy) is 1. The van der Waals surface area contributed by atoms with Crippen molar-refractivity contribution in [3.8, 4) is 5.88 Å². The van der Waals surface area contributed by atoms with Gasteiger partial charge < -0.3 is 4.74 Å². The summed E-state index contributed by atoms with van der Waals surface area (Å²) in [4.78, 5) is 16.6. The number of hydrogen-bond donors (Lipinski definition) is 1. The van der Waals surface area contributed by atoms with Gasteiger partial charge in [-0.05, 0) is 19.1 Å². The minimum absolute atomic E-state index is 0.101. The minimum atomic E-state index is -0.749. The van der Waals surface area contributed by atoms with Gasteiger partial charge in [-0.25, -0.2) is 8.78 Å². The molecule has 25 heavy (non-hydrogen) atoms. The molecule has 0 bridgehead atoms. The third kappa shape index (κ3) is 3.69. The zero-order valence-electron chi connectivity index (χ0n) is 13.1. The molecule has 0 spiro atoms. The van der Waals surface area contributed by atoms with Gasteiger partial charge in [0.2, 0.25) is 5.88 Å². The number of benzene rings is 1. The topological polar surface area (TPSA) is 72.8 Å². The number of aromatic amines is 1.